The van der Waals surface area contributed by atoms with Crippen LogP contribution in [0.1, 0.15) is 39.2 Å². The van der Waals surface area contributed by atoms with Gasteiger partial charge in [-0.25, -0.2) is 24.9 Å². The Kier molecular flexibility index (Phi) is 12.5. The first-order valence-electron chi connectivity index (χ1n) is 15.5. The molecule has 1 N–H and O–H groups in total. The van der Waals surface area contributed by atoms with E-state index in [9.17, 15) is 23.1 Å². The van der Waals surface area contributed by atoms with Crippen molar-refractivity contribution in [3.63, 3.8) is 0 Å². The zero-order chi connectivity index (χ0) is 34.6. The number of rotatable bonds is 13. The van der Waals surface area contributed by atoms with Gasteiger partial charge < -0.3 is 38.9 Å². The zero-order valence-electron chi connectivity index (χ0n) is 28.4. The van der Waals surface area contributed by atoms with Gasteiger partial charge in [-0.1, -0.05) is 13.8 Å². The third-order valence-electron chi connectivity index (χ3n) is 7.87. The molecular weight excluding hydrogens is 656 g/mol. The molecule has 0 bridgehead atoms. The molecule has 1 aliphatic rings. The molecule has 1 saturated heterocycles. The monoisotopic (exact) mass is 694 g/mol. The number of aliphatic carboxylic acids is 1. The second kappa shape index (κ2) is 16.0. The first-order chi connectivity index (χ1) is 22.8. The van der Waals surface area contributed by atoms with Gasteiger partial charge in [0, 0.05) is 51.0 Å². The van der Waals surface area contributed by atoms with Crippen LogP contribution in [-0.2, 0) is 20.4 Å². The SMILES string of the molecule is CCOc1ncc(-c2cc(N(C)CC(C)(C)COC)c3[nH]c(-c4cnc(N5CCC(OCC(=O)[O-])CC5)cn4)nc3n2)cc1C(F)(F)F.[Na+]. The van der Waals surface area contributed by atoms with E-state index >= 15 is 0 Å². The number of hydrogen-bond donors (Lipinski definition) is 1. The van der Waals surface area contributed by atoms with Gasteiger partial charge in [-0.3, -0.25) is 0 Å². The molecular formula is C32H38F3N8NaO5. The van der Waals surface area contributed by atoms with Gasteiger partial charge in [-0.2, -0.15) is 13.2 Å². The van der Waals surface area contributed by atoms with Crippen molar-refractivity contribution in [3.05, 3.63) is 36.3 Å². The summed E-state index contributed by atoms with van der Waals surface area (Å²) in [6, 6.07) is 2.70. The Balaban J connectivity index is 0.00000541. The Bertz CT molecular complexity index is 1730. The number of piperidine rings is 1. The fourth-order valence-corrected chi connectivity index (χ4v) is 5.80. The summed E-state index contributed by atoms with van der Waals surface area (Å²) in [6.45, 7) is 7.57. The average Bonchev–Trinajstić information content (AvgIpc) is 3.47. The number of imidazole rings is 1. The van der Waals surface area contributed by atoms with Crippen LogP contribution in [0.15, 0.2) is 30.7 Å². The summed E-state index contributed by atoms with van der Waals surface area (Å²) in [7, 11) is 3.52. The van der Waals surface area contributed by atoms with Crippen molar-refractivity contribution in [2.45, 2.75) is 45.9 Å². The second-order valence-corrected chi connectivity index (χ2v) is 12.4. The van der Waals surface area contributed by atoms with Crippen molar-refractivity contribution >= 4 is 28.6 Å². The maximum absolute atomic E-state index is 14.0. The summed E-state index contributed by atoms with van der Waals surface area (Å²) in [5.41, 5.74) is 1.11. The summed E-state index contributed by atoms with van der Waals surface area (Å²) in [6.07, 6.45) is 0.958. The minimum Gasteiger partial charge on any atom is -0.548 e. The van der Waals surface area contributed by atoms with Gasteiger partial charge >= 0.3 is 35.7 Å². The number of carbonyl (C=O) groups is 1. The van der Waals surface area contributed by atoms with E-state index in [0.29, 0.717) is 67.6 Å². The number of aromatic amines is 1. The van der Waals surface area contributed by atoms with Crippen LogP contribution < -0.4 is 49.2 Å². The number of nitrogens with one attached hydrogen (secondary N) is 1. The van der Waals surface area contributed by atoms with Crippen LogP contribution in [0.4, 0.5) is 24.7 Å². The number of nitrogens with zero attached hydrogens (tertiary/aromatic N) is 7. The Morgan fingerprint density at radius 1 is 1.08 bits per heavy atom. The van der Waals surface area contributed by atoms with E-state index in [-0.39, 0.29) is 64.6 Å². The summed E-state index contributed by atoms with van der Waals surface area (Å²) in [5.74, 6) is -0.702. The van der Waals surface area contributed by atoms with E-state index in [1.54, 1.807) is 32.5 Å². The molecule has 13 nitrogen and oxygen atoms in total. The van der Waals surface area contributed by atoms with Crippen LogP contribution in [0, 0.1) is 5.41 Å². The number of fused-ring (bicyclic) bond motifs is 1. The van der Waals surface area contributed by atoms with E-state index < -0.39 is 30.2 Å². The van der Waals surface area contributed by atoms with E-state index in [1.165, 1.54) is 6.20 Å². The molecule has 0 atom stereocenters. The molecule has 0 unspecified atom stereocenters. The topological polar surface area (TPSA) is 155 Å². The van der Waals surface area contributed by atoms with Gasteiger partial charge in [0.15, 0.2) is 11.5 Å². The Labute approximate surface area is 303 Å². The Morgan fingerprint density at radius 3 is 2.43 bits per heavy atom. The van der Waals surface area contributed by atoms with Gasteiger partial charge in [-0.15, -0.1) is 0 Å². The predicted molar refractivity (Wildman–Crippen MR) is 169 cm³/mol. The smallest absolute Gasteiger partial charge is 0.548 e. The molecule has 0 aromatic carbocycles. The Hall–Kier alpha value is -3.57. The minimum atomic E-state index is -4.69. The van der Waals surface area contributed by atoms with Gasteiger partial charge in [0.05, 0.1) is 55.7 Å². The average molecular weight is 695 g/mol. The quantitative estimate of drug-likeness (QED) is 0.197. The number of pyridine rings is 2. The zero-order valence-corrected chi connectivity index (χ0v) is 30.4. The molecule has 5 rings (SSSR count). The summed E-state index contributed by atoms with van der Waals surface area (Å²) >= 11 is 0. The predicted octanol–water partition coefficient (Wildman–Crippen LogP) is 0.743. The number of carbonyl (C=O) groups excluding carboxylic acids is 1. The van der Waals surface area contributed by atoms with Gasteiger partial charge in [0.1, 0.15) is 22.6 Å². The maximum Gasteiger partial charge on any atom is 1.00 e. The maximum atomic E-state index is 14.0. The van der Waals surface area contributed by atoms with Crippen molar-refractivity contribution in [1.82, 2.24) is 29.9 Å². The summed E-state index contributed by atoms with van der Waals surface area (Å²) < 4.78 is 57.9. The fraction of sp³-hybridized carbons (Fsp3) is 0.500. The number of anilines is 2. The normalized spacial score (nSPS) is 14.2. The molecule has 1 fully saturated rings. The number of alkyl halides is 3. The molecule has 258 valence electrons. The molecule has 0 radical (unpaired) electrons. The van der Waals surface area contributed by atoms with Crippen molar-refractivity contribution in [2.75, 3.05) is 63.4 Å². The number of methoxy groups -OCH3 is 1. The van der Waals surface area contributed by atoms with Crippen LogP contribution >= 0.6 is 0 Å². The number of aromatic nitrogens is 6. The number of halogens is 3. The molecule has 1 aliphatic heterocycles. The van der Waals surface area contributed by atoms with Gasteiger partial charge in [0.2, 0.25) is 5.88 Å². The third kappa shape index (κ3) is 9.36. The largest absolute Gasteiger partial charge is 1.00 e. The molecule has 4 aromatic heterocycles. The summed E-state index contributed by atoms with van der Waals surface area (Å²) in [4.78, 5) is 40.5. The van der Waals surface area contributed by atoms with E-state index in [4.69, 9.17) is 14.2 Å². The van der Waals surface area contributed by atoms with Crippen molar-refractivity contribution in [2.24, 2.45) is 5.41 Å². The minimum absolute atomic E-state index is 0. The van der Waals surface area contributed by atoms with Gasteiger partial charge in [0.25, 0.3) is 0 Å². The molecule has 17 heteroatoms. The Morgan fingerprint density at radius 2 is 1.82 bits per heavy atom. The molecule has 49 heavy (non-hydrogen) atoms. The first-order valence-corrected chi connectivity index (χ1v) is 15.5. The number of hydrogen-bond acceptors (Lipinski definition) is 12. The van der Waals surface area contributed by atoms with Crippen LogP contribution in [0.25, 0.3) is 33.9 Å². The standard InChI is InChI=1S/C32H39F3N8O5.Na/c1-6-47-30-21(32(33,34)35)11-19(13-38-30)22-12-24(42(4)17-31(2,3)18-46-5)27-29(39-22)41-28(40-27)23-14-37-25(15-36-23)43-9-7-20(8-10-43)48-16-26(44)45;/h11-15,20H,6-10,16-18H2,1-5H3,(H,44,45)(H,39,40,41);/q;+1/p-1. The number of carboxylic acid groups (broad SMARTS) is 1. The van der Waals surface area contributed by atoms with Crippen molar-refractivity contribution in [1.29, 1.82) is 0 Å². The number of carboxylic acids is 1. The van der Waals surface area contributed by atoms with Crippen LogP contribution in [-0.4, -0.2) is 95.6 Å². The third-order valence-corrected chi connectivity index (χ3v) is 7.87. The molecule has 0 saturated carbocycles. The van der Waals surface area contributed by atoms with Crippen LogP contribution in [0.5, 0.6) is 5.88 Å². The van der Waals surface area contributed by atoms with E-state index in [0.717, 1.165) is 6.07 Å². The van der Waals surface area contributed by atoms with E-state index in [2.05, 4.69) is 43.8 Å². The number of ether oxygens (including phenoxy) is 3. The first kappa shape index (κ1) is 38.2. The molecule has 0 spiro atoms. The second-order valence-electron chi connectivity index (χ2n) is 12.4. The molecule has 4 aromatic rings. The van der Waals surface area contributed by atoms with E-state index in [1.807, 2.05) is 16.8 Å². The molecule has 0 amide bonds. The van der Waals surface area contributed by atoms with Crippen molar-refractivity contribution in [3.8, 4) is 28.7 Å². The summed E-state index contributed by atoms with van der Waals surface area (Å²) in [5, 5.41) is 10.7. The molecule has 0 aliphatic carbocycles. The van der Waals surface area contributed by atoms with Crippen LogP contribution in [0.3, 0.4) is 0 Å². The van der Waals surface area contributed by atoms with Crippen LogP contribution in [0.2, 0.25) is 0 Å². The number of H-pyrrole nitrogens is 1. The fourth-order valence-electron chi connectivity index (χ4n) is 5.80. The molecule has 5 heterocycles. The van der Waals surface area contributed by atoms with Crippen molar-refractivity contribution < 1.29 is 66.8 Å². The van der Waals surface area contributed by atoms with Gasteiger partial charge in [-0.05, 0) is 31.9 Å².